The molecule has 0 atom stereocenters. The zero-order chi connectivity index (χ0) is 11.4. The molecule has 0 heterocycles. The topological polar surface area (TPSA) is 66.6 Å². The van der Waals surface area contributed by atoms with Crippen LogP contribution in [-0.4, -0.2) is 25.1 Å². The van der Waals surface area contributed by atoms with Gasteiger partial charge in [-0.3, -0.25) is 4.79 Å². The van der Waals surface area contributed by atoms with Crippen molar-refractivity contribution in [2.45, 2.75) is 12.8 Å². The lowest BCUT2D eigenvalue weighted by atomic mass is 10.1. The van der Waals surface area contributed by atoms with Gasteiger partial charge in [0, 0.05) is 32.3 Å². The molecule has 0 unspecified atom stereocenters. The van der Waals surface area contributed by atoms with Crippen LogP contribution in [0.25, 0.3) is 0 Å². The van der Waals surface area contributed by atoms with Crippen LogP contribution < -0.4 is 10.6 Å². The van der Waals surface area contributed by atoms with Crippen LogP contribution in [0.4, 0.5) is 5.69 Å². The summed E-state index contributed by atoms with van der Waals surface area (Å²) in [4.78, 5) is 12.6. The van der Waals surface area contributed by atoms with Crippen LogP contribution in [-0.2, 0) is 11.2 Å². The summed E-state index contributed by atoms with van der Waals surface area (Å²) in [6, 6.07) is 5.10. The van der Waals surface area contributed by atoms with Gasteiger partial charge in [-0.2, -0.15) is 0 Å². The fraction of sp³-hybridized carbons (Fsp3) is 0.364. The molecule has 3 N–H and O–H groups in total. The number of aromatic hydroxyl groups is 1. The van der Waals surface area contributed by atoms with Crippen LogP contribution in [0.5, 0.6) is 5.75 Å². The first-order valence-electron chi connectivity index (χ1n) is 4.78. The zero-order valence-electron chi connectivity index (χ0n) is 9.03. The van der Waals surface area contributed by atoms with Gasteiger partial charge in [0.05, 0.1) is 0 Å². The Morgan fingerprint density at radius 1 is 1.47 bits per heavy atom. The van der Waals surface area contributed by atoms with E-state index < -0.39 is 0 Å². The zero-order valence-corrected chi connectivity index (χ0v) is 9.03. The van der Waals surface area contributed by atoms with Crippen molar-refractivity contribution in [3.8, 4) is 5.75 Å². The Bertz CT molecular complexity index is 362. The van der Waals surface area contributed by atoms with Crippen molar-refractivity contribution in [1.82, 2.24) is 0 Å². The fourth-order valence-corrected chi connectivity index (χ4v) is 1.44. The molecule has 82 valence electrons. The number of phenols is 1. The van der Waals surface area contributed by atoms with Gasteiger partial charge < -0.3 is 15.7 Å². The fourth-order valence-electron chi connectivity index (χ4n) is 1.44. The number of phenolic OH excluding ortho intramolecular Hbond substituents is 1. The number of nitrogens with zero attached hydrogens (tertiary/aromatic N) is 1. The number of carbonyl (C=O) groups is 1. The first-order chi connectivity index (χ1) is 7.00. The number of hydrogen-bond acceptors (Lipinski definition) is 3. The SMILES string of the molecule is CN(C)c1cc(O)ccc1CCC(N)=O. The molecule has 0 aliphatic heterocycles. The first-order valence-corrected chi connectivity index (χ1v) is 4.78. The molecule has 0 aliphatic carbocycles. The van der Waals surface area contributed by atoms with Crippen LogP contribution in [0.1, 0.15) is 12.0 Å². The van der Waals surface area contributed by atoms with Gasteiger partial charge in [-0.15, -0.1) is 0 Å². The molecule has 1 aromatic rings. The third kappa shape index (κ3) is 3.16. The molecule has 1 aromatic carbocycles. The monoisotopic (exact) mass is 208 g/mol. The van der Waals surface area contributed by atoms with E-state index in [0.717, 1.165) is 11.3 Å². The van der Waals surface area contributed by atoms with E-state index >= 15 is 0 Å². The molecule has 4 heteroatoms. The maximum absolute atomic E-state index is 10.7. The minimum Gasteiger partial charge on any atom is -0.508 e. The lowest BCUT2D eigenvalue weighted by Gasteiger charge is -2.17. The molecule has 1 amide bonds. The molecule has 0 radical (unpaired) electrons. The lowest BCUT2D eigenvalue weighted by molar-refractivity contribution is -0.117. The summed E-state index contributed by atoms with van der Waals surface area (Å²) >= 11 is 0. The van der Waals surface area contributed by atoms with Gasteiger partial charge in [0.15, 0.2) is 0 Å². The van der Waals surface area contributed by atoms with Gasteiger partial charge in [0.2, 0.25) is 5.91 Å². The van der Waals surface area contributed by atoms with Gasteiger partial charge in [-0.05, 0) is 18.1 Å². The van der Waals surface area contributed by atoms with Crippen molar-refractivity contribution < 1.29 is 9.90 Å². The molecule has 0 saturated heterocycles. The van der Waals surface area contributed by atoms with Crippen LogP contribution in [0.15, 0.2) is 18.2 Å². The molecule has 0 fully saturated rings. The minimum atomic E-state index is -0.312. The Hall–Kier alpha value is -1.71. The number of carbonyl (C=O) groups excluding carboxylic acids is 1. The molecule has 0 bridgehead atoms. The second-order valence-corrected chi connectivity index (χ2v) is 3.67. The average Bonchev–Trinajstić information content (AvgIpc) is 2.15. The standard InChI is InChI=1S/C11H16N2O2/c1-13(2)10-7-9(14)5-3-8(10)4-6-11(12)15/h3,5,7,14H,4,6H2,1-2H3,(H2,12,15). The Morgan fingerprint density at radius 3 is 2.67 bits per heavy atom. The summed E-state index contributed by atoms with van der Waals surface area (Å²) in [6.45, 7) is 0. The van der Waals surface area contributed by atoms with Gasteiger partial charge in [-0.1, -0.05) is 6.07 Å². The van der Waals surface area contributed by atoms with Crippen LogP contribution in [0, 0.1) is 0 Å². The summed E-state index contributed by atoms with van der Waals surface area (Å²) in [6.07, 6.45) is 0.925. The number of rotatable bonds is 4. The summed E-state index contributed by atoms with van der Waals surface area (Å²) in [5, 5.41) is 9.35. The predicted molar refractivity (Wildman–Crippen MR) is 59.9 cm³/mol. The van der Waals surface area contributed by atoms with E-state index in [0.29, 0.717) is 12.8 Å². The van der Waals surface area contributed by atoms with E-state index in [-0.39, 0.29) is 11.7 Å². The maximum Gasteiger partial charge on any atom is 0.217 e. The summed E-state index contributed by atoms with van der Waals surface area (Å²) < 4.78 is 0. The largest absolute Gasteiger partial charge is 0.508 e. The number of amides is 1. The first kappa shape index (κ1) is 11.4. The molecule has 0 aromatic heterocycles. The highest BCUT2D eigenvalue weighted by Gasteiger charge is 2.06. The quantitative estimate of drug-likeness (QED) is 0.771. The van der Waals surface area contributed by atoms with E-state index in [1.807, 2.05) is 25.1 Å². The number of primary amides is 1. The highest BCUT2D eigenvalue weighted by Crippen LogP contribution is 2.24. The van der Waals surface area contributed by atoms with E-state index in [2.05, 4.69) is 0 Å². The summed E-state index contributed by atoms with van der Waals surface area (Å²) in [7, 11) is 3.78. The van der Waals surface area contributed by atoms with Crippen LogP contribution >= 0.6 is 0 Å². The van der Waals surface area contributed by atoms with Crippen molar-refractivity contribution >= 4 is 11.6 Å². The Balaban J connectivity index is 2.90. The maximum atomic E-state index is 10.7. The minimum absolute atomic E-state index is 0.224. The molecular formula is C11H16N2O2. The number of benzene rings is 1. The lowest BCUT2D eigenvalue weighted by Crippen LogP contribution is -2.14. The normalized spacial score (nSPS) is 10.0. The summed E-state index contributed by atoms with van der Waals surface area (Å²) in [5.74, 6) is -0.0886. The molecule has 1 rings (SSSR count). The third-order valence-corrected chi connectivity index (χ3v) is 2.19. The molecule has 4 nitrogen and oxygen atoms in total. The Morgan fingerprint density at radius 2 is 2.13 bits per heavy atom. The van der Waals surface area contributed by atoms with Crippen LogP contribution in [0.3, 0.4) is 0 Å². The second-order valence-electron chi connectivity index (χ2n) is 3.67. The third-order valence-electron chi connectivity index (χ3n) is 2.19. The van der Waals surface area contributed by atoms with Gasteiger partial charge >= 0.3 is 0 Å². The molecule has 0 spiro atoms. The number of hydrogen-bond donors (Lipinski definition) is 2. The number of nitrogens with two attached hydrogens (primary N) is 1. The van der Waals surface area contributed by atoms with Crippen molar-refractivity contribution in [3.05, 3.63) is 23.8 Å². The van der Waals surface area contributed by atoms with Crippen molar-refractivity contribution in [2.75, 3.05) is 19.0 Å². The summed E-state index contributed by atoms with van der Waals surface area (Å²) in [5.41, 5.74) is 7.02. The second kappa shape index (κ2) is 4.68. The number of anilines is 1. The van der Waals surface area contributed by atoms with E-state index in [9.17, 15) is 9.90 Å². The Kier molecular flexibility index (Phi) is 3.55. The predicted octanol–water partition coefficient (Wildman–Crippen LogP) is 0.876. The smallest absolute Gasteiger partial charge is 0.217 e. The van der Waals surface area contributed by atoms with Crippen molar-refractivity contribution in [1.29, 1.82) is 0 Å². The highest BCUT2D eigenvalue weighted by molar-refractivity contribution is 5.74. The highest BCUT2D eigenvalue weighted by atomic mass is 16.3. The van der Waals surface area contributed by atoms with Gasteiger partial charge in [0.25, 0.3) is 0 Å². The van der Waals surface area contributed by atoms with Gasteiger partial charge in [0.1, 0.15) is 5.75 Å². The molecule has 15 heavy (non-hydrogen) atoms. The van der Waals surface area contributed by atoms with E-state index in [1.54, 1.807) is 12.1 Å². The molecular weight excluding hydrogens is 192 g/mol. The van der Waals surface area contributed by atoms with E-state index in [1.165, 1.54) is 0 Å². The average molecular weight is 208 g/mol. The van der Waals surface area contributed by atoms with Gasteiger partial charge in [-0.25, -0.2) is 0 Å². The molecule has 0 saturated carbocycles. The van der Waals surface area contributed by atoms with Crippen molar-refractivity contribution in [2.24, 2.45) is 5.73 Å². The molecule has 0 aliphatic rings. The van der Waals surface area contributed by atoms with E-state index in [4.69, 9.17) is 5.73 Å². The Labute approximate surface area is 89.3 Å². The number of aryl methyl sites for hydroxylation is 1. The van der Waals surface area contributed by atoms with Crippen LogP contribution in [0.2, 0.25) is 0 Å². The van der Waals surface area contributed by atoms with Crippen molar-refractivity contribution in [3.63, 3.8) is 0 Å².